The Morgan fingerprint density at radius 3 is 2.68 bits per heavy atom. The summed E-state index contributed by atoms with van der Waals surface area (Å²) in [6, 6.07) is 10.5. The molecule has 1 heterocycles. The number of hydrogen-bond acceptors (Lipinski definition) is 4. The van der Waals surface area contributed by atoms with Gasteiger partial charge in [0.25, 0.3) is 0 Å². The molecule has 1 aromatic carbocycles. The molecule has 2 atom stereocenters. The number of nitrogens with one attached hydrogen (secondary N) is 1. The third kappa shape index (κ3) is 4.28. The Labute approximate surface area is 115 Å². The van der Waals surface area contributed by atoms with E-state index in [9.17, 15) is 0 Å². The summed E-state index contributed by atoms with van der Waals surface area (Å²) >= 11 is 0. The molecule has 2 unspecified atom stereocenters. The van der Waals surface area contributed by atoms with Crippen LogP contribution in [0.15, 0.2) is 30.3 Å². The van der Waals surface area contributed by atoms with Crippen molar-refractivity contribution in [3.05, 3.63) is 35.9 Å². The first-order chi connectivity index (χ1) is 9.11. The zero-order valence-electron chi connectivity index (χ0n) is 11.9. The van der Waals surface area contributed by atoms with Gasteiger partial charge in [0, 0.05) is 13.7 Å². The highest BCUT2D eigenvalue weighted by atomic mass is 16.7. The van der Waals surface area contributed by atoms with Gasteiger partial charge in [-0.3, -0.25) is 0 Å². The van der Waals surface area contributed by atoms with Crippen molar-refractivity contribution in [3.63, 3.8) is 0 Å². The van der Waals surface area contributed by atoms with E-state index in [0.29, 0.717) is 13.2 Å². The van der Waals surface area contributed by atoms with Crippen LogP contribution >= 0.6 is 0 Å². The summed E-state index contributed by atoms with van der Waals surface area (Å²) in [6.45, 7) is 5.91. The summed E-state index contributed by atoms with van der Waals surface area (Å²) in [5.74, 6) is -0.462. The van der Waals surface area contributed by atoms with Crippen molar-refractivity contribution in [2.24, 2.45) is 0 Å². The molecule has 1 aliphatic rings. The Morgan fingerprint density at radius 2 is 2.11 bits per heavy atom. The average Bonchev–Trinajstić information content (AvgIpc) is 2.75. The predicted octanol–water partition coefficient (Wildman–Crippen LogP) is 2.12. The summed E-state index contributed by atoms with van der Waals surface area (Å²) in [5.41, 5.74) is 1.22. The van der Waals surface area contributed by atoms with Crippen molar-refractivity contribution in [1.29, 1.82) is 0 Å². The SMILES string of the molecule is COCC(NCC1COC(C)(C)O1)c1ccccc1. The quantitative estimate of drug-likeness (QED) is 0.855. The van der Waals surface area contributed by atoms with E-state index in [2.05, 4.69) is 17.4 Å². The van der Waals surface area contributed by atoms with E-state index in [-0.39, 0.29) is 12.1 Å². The summed E-state index contributed by atoms with van der Waals surface area (Å²) < 4.78 is 16.6. The van der Waals surface area contributed by atoms with Crippen LogP contribution in [0, 0.1) is 0 Å². The molecule has 1 N–H and O–H groups in total. The third-order valence-corrected chi connectivity index (χ3v) is 3.19. The van der Waals surface area contributed by atoms with Crippen molar-refractivity contribution in [2.45, 2.75) is 31.8 Å². The molecule has 0 spiro atoms. The summed E-state index contributed by atoms with van der Waals surface area (Å²) in [6.07, 6.45) is 0.0954. The minimum atomic E-state index is -0.462. The topological polar surface area (TPSA) is 39.7 Å². The van der Waals surface area contributed by atoms with Crippen LogP contribution in [0.25, 0.3) is 0 Å². The van der Waals surface area contributed by atoms with Crippen LogP contribution in [0.3, 0.4) is 0 Å². The van der Waals surface area contributed by atoms with Crippen LogP contribution in [0.1, 0.15) is 25.5 Å². The van der Waals surface area contributed by atoms with Gasteiger partial charge in [-0.2, -0.15) is 0 Å². The molecule has 0 amide bonds. The van der Waals surface area contributed by atoms with E-state index in [1.54, 1.807) is 7.11 Å². The van der Waals surface area contributed by atoms with E-state index in [4.69, 9.17) is 14.2 Å². The second-order valence-electron chi connectivity index (χ2n) is 5.28. The number of benzene rings is 1. The lowest BCUT2D eigenvalue weighted by atomic mass is 10.1. The molecule has 19 heavy (non-hydrogen) atoms. The van der Waals surface area contributed by atoms with Gasteiger partial charge in [0.2, 0.25) is 0 Å². The van der Waals surface area contributed by atoms with Crippen molar-refractivity contribution < 1.29 is 14.2 Å². The van der Waals surface area contributed by atoms with Gasteiger partial charge in [-0.1, -0.05) is 30.3 Å². The van der Waals surface area contributed by atoms with E-state index in [0.717, 1.165) is 6.54 Å². The normalized spacial score (nSPS) is 23.4. The van der Waals surface area contributed by atoms with E-state index in [1.807, 2.05) is 32.0 Å². The van der Waals surface area contributed by atoms with Gasteiger partial charge in [-0.25, -0.2) is 0 Å². The highest BCUT2D eigenvalue weighted by Gasteiger charge is 2.32. The molecule has 0 radical (unpaired) electrons. The first kappa shape index (κ1) is 14.5. The summed E-state index contributed by atoms with van der Waals surface area (Å²) in [5, 5.41) is 3.49. The molecular weight excluding hydrogens is 242 g/mol. The van der Waals surface area contributed by atoms with E-state index >= 15 is 0 Å². The fraction of sp³-hybridized carbons (Fsp3) is 0.600. The summed E-state index contributed by atoms with van der Waals surface area (Å²) in [7, 11) is 1.72. The van der Waals surface area contributed by atoms with Gasteiger partial charge in [0.1, 0.15) is 0 Å². The Kier molecular flexibility index (Phi) is 4.93. The second kappa shape index (κ2) is 6.48. The molecule has 1 aliphatic heterocycles. The average molecular weight is 265 g/mol. The molecule has 0 aromatic heterocycles. The number of rotatable bonds is 6. The van der Waals surface area contributed by atoms with Crippen LogP contribution in [-0.2, 0) is 14.2 Å². The van der Waals surface area contributed by atoms with Crippen LogP contribution in [0.2, 0.25) is 0 Å². The van der Waals surface area contributed by atoms with Gasteiger partial charge in [-0.15, -0.1) is 0 Å². The number of ether oxygens (including phenoxy) is 3. The Bertz CT molecular complexity index is 380. The van der Waals surface area contributed by atoms with Crippen LogP contribution in [0.4, 0.5) is 0 Å². The smallest absolute Gasteiger partial charge is 0.163 e. The minimum absolute atomic E-state index is 0.0954. The van der Waals surface area contributed by atoms with Crippen LogP contribution in [-0.4, -0.2) is 38.8 Å². The third-order valence-electron chi connectivity index (χ3n) is 3.19. The van der Waals surface area contributed by atoms with Gasteiger partial charge in [0.15, 0.2) is 5.79 Å². The molecule has 1 fully saturated rings. The molecule has 4 heteroatoms. The zero-order valence-corrected chi connectivity index (χ0v) is 11.9. The molecule has 0 aliphatic carbocycles. The Hall–Kier alpha value is -0.940. The fourth-order valence-electron chi connectivity index (χ4n) is 2.26. The maximum atomic E-state index is 5.79. The minimum Gasteiger partial charge on any atom is -0.383 e. The number of methoxy groups -OCH3 is 1. The van der Waals surface area contributed by atoms with E-state index < -0.39 is 5.79 Å². The summed E-state index contributed by atoms with van der Waals surface area (Å²) in [4.78, 5) is 0. The largest absolute Gasteiger partial charge is 0.383 e. The molecule has 4 nitrogen and oxygen atoms in total. The first-order valence-corrected chi connectivity index (χ1v) is 6.70. The van der Waals surface area contributed by atoms with Crippen molar-refractivity contribution in [2.75, 3.05) is 26.9 Å². The van der Waals surface area contributed by atoms with Crippen molar-refractivity contribution in [1.82, 2.24) is 5.32 Å². The van der Waals surface area contributed by atoms with Crippen LogP contribution in [0.5, 0.6) is 0 Å². The van der Waals surface area contributed by atoms with Gasteiger partial charge < -0.3 is 19.5 Å². The lowest BCUT2D eigenvalue weighted by molar-refractivity contribution is -0.138. The molecule has 106 valence electrons. The lowest BCUT2D eigenvalue weighted by Crippen LogP contribution is -2.34. The van der Waals surface area contributed by atoms with Gasteiger partial charge in [0.05, 0.1) is 25.4 Å². The Morgan fingerprint density at radius 1 is 1.37 bits per heavy atom. The zero-order chi connectivity index (χ0) is 13.7. The maximum Gasteiger partial charge on any atom is 0.163 e. The first-order valence-electron chi connectivity index (χ1n) is 6.70. The molecule has 0 bridgehead atoms. The maximum absolute atomic E-state index is 5.79. The monoisotopic (exact) mass is 265 g/mol. The standard InChI is InChI=1S/C15H23NO3/c1-15(2)18-10-13(19-15)9-16-14(11-17-3)12-7-5-4-6-8-12/h4-8,13-14,16H,9-11H2,1-3H3. The Balaban J connectivity index is 1.88. The highest BCUT2D eigenvalue weighted by Crippen LogP contribution is 2.22. The fourth-order valence-corrected chi connectivity index (χ4v) is 2.26. The van der Waals surface area contributed by atoms with Crippen LogP contribution < -0.4 is 5.32 Å². The second-order valence-corrected chi connectivity index (χ2v) is 5.28. The molecule has 1 aromatic rings. The molecule has 0 saturated carbocycles. The van der Waals surface area contributed by atoms with Crippen molar-refractivity contribution in [3.8, 4) is 0 Å². The molecular formula is C15H23NO3. The molecule has 2 rings (SSSR count). The number of hydrogen-bond donors (Lipinski definition) is 1. The van der Waals surface area contributed by atoms with Gasteiger partial charge in [-0.05, 0) is 19.4 Å². The van der Waals surface area contributed by atoms with Gasteiger partial charge >= 0.3 is 0 Å². The predicted molar refractivity (Wildman–Crippen MR) is 74.0 cm³/mol. The van der Waals surface area contributed by atoms with E-state index in [1.165, 1.54) is 5.56 Å². The van der Waals surface area contributed by atoms with Crippen molar-refractivity contribution >= 4 is 0 Å². The highest BCUT2D eigenvalue weighted by molar-refractivity contribution is 5.18. The molecule has 1 saturated heterocycles. The lowest BCUT2D eigenvalue weighted by Gasteiger charge is -2.21.